The Bertz CT molecular complexity index is 614. The third-order valence-electron chi connectivity index (χ3n) is 2.83. The van der Waals surface area contributed by atoms with E-state index in [0.717, 1.165) is 5.69 Å². The molecule has 2 aromatic rings. The van der Waals surface area contributed by atoms with E-state index >= 15 is 0 Å². The van der Waals surface area contributed by atoms with Crippen molar-refractivity contribution in [2.45, 2.75) is 6.54 Å². The molecule has 4 nitrogen and oxygen atoms in total. The van der Waals surface area contributed by atoms with E-state index in [9.17, 15) is 9.18 Å². The Labute approximate surface area is 117 Å². The summed E-state index contributed by atoms with van der Waals surface area (Å²) in [5.74, 6) is -0.418. The van der Waals surface area contributed by atoms with Gasteiger partial charge < -0.3 is 10.2 Å². The third-order valence-corrected chi connectivity index (χ3v) is 2.83. The molecule has 0 aliphatic rings. The molecule has 0 aliphatic carbocycles. The van der Waals surface area contributed by atoms with Crippen molar-refractivity contribution in [2.75, 3.05) is 19.4 Å². The molecular formula is C15H16FN3O. The highest BCUT2D eigenvalue weighted by molar-refractivity contribution is 5.92. The van der Waals surface area contributed by atoms with Crippen molar-refractivity contribution in [3.63, 3.8) is 0 Å². The van der Waals surface area contributed by atoms with Gasteiger partial charge in [-0.3, -0.25) is 9.78 Å². The number of anilines is 1. The number of nitrogens with zero attached hydrogens (tertiary/aromatic N) is 2. The molecule has 0 saturated carbocycles. The van der Waals surface area contributed by atoms with Crippen LogP contribution in [0.3, 0.4) is 0 Å². The van der Waals surface area contributed by atoms with E-state index in [0.29, 0.717) is 17.8 Å². The van der Waals surface area contributed by atoms with Gasteiger partial charge >= 0.3 is 0 Å². The standard InChI is InChI=1S/C15H16FN3O/c1-19(2)15(20)14-9-12(7-8-17-14)18-10-11-5-3-4-6-13(11)16/h3-9H,10H2,1-2H3,(H,17,18). The maximum Gasteiger partial charge on any atom is 0.272 e. The summed E-state index contributed by atoms with van der Waals surface area (Å²) in [6, 6.07) is 9.98. The molecule has 1 aromatic carbocycles. The van der Waals surface area contributed by atoms with Crippen molar-refractivity contribution in [1.82, 2.24) is 9.88 Å². The normalized spacial score (nSPS) is 10.2. The molecule has 0 spiro atoms. The molecule has 5 heteroatoms. The number of halogens is 1. The monoisotopic (exact) mass is 273 g/mol. The first-order chi connectivity index (χ1) is 9.58. The smallest absolute Gasteiger partial charge is 0.272 e. The number of amides is 1. The summed E-state index contributed by atoms with van der Waals surface area (Å²) in [7, 11) is 3.34. The van der Waals surface area contributed by atoms with Crippen molar-refractivity contribution in [3.05, 3.63) is 59.7 Å². The van der Waals surface area contributed by atoms with E-state index in [1.54, 1.807) is 50.6 Å². The molecule has 20 heavy (non-hydrogen) atoms. The lowest BCUT2D eigenvalue weighted by Gasteiger charge is -2.11. The first-order valence-corrected chi connectivity index (χ1v) is 6.23. The van der Waals surface area contributed by atoms with Crippen LogP contribution >= 0.6 is 0 Å². The first-order valence-electron chi connectivity index (χ1n) is 6.23. The lowest BCUT2D eigenvalue weighted by atomic mass is 10.2. The average molecular weight is 273 g/mol. The predicted molar refractivity (Wildman–Crippen MR) is 76.0 cm³/mol. The fourth-order valence-corrected chi connectivity index (χ4v) is 1.73. The van der Waals surface area contributed by atoms with Gasteiger partial charge in [0.2, 0.25) is 0 Å². The van der Waals surface area contributed by atoms with Crippen molar-refractivity contribution in [2.24, 2.45) is 0 Å². The zero-order valence-electron chi connectivity index (χ0n) is 11.4. The minimum atomic E-state index is -0.251. The van der Waals surface area contributed by atoms with Gasteiger partial charge in [-0.2, -0.15) is 0 Å². The van der Waals surface area contributed by atoms with Crippen LogP contribution in [0, 0.1) is 5.82 Å². The summed E-state index contributed by atoms with van der Waals surface area (Å²) in [6.07, 6.45) is 1.56. The number of nitrogens with one attached hydrogen (secondary N) is 1. The molecule has 0 bridgehead atoms. The van der Waals surface area contributed by atoms with Crippen LogP contribution in [0.15, 0.2) is 42.6 Å². The highest BCUT2D eigenvalue weighted by Crippen LogP contribution is 2.13. The summed E-state index contributed by atoms with van der Waals surface area (Å²) >= 11 is 0. The maximum atomic E-state index is 13.5. The molecule has 1 N–H and O–H groups in total. The number of hydrogen-bond donors (Lipinski definition) is 1. The molecule has 1 heterocycles. The summed E-state index contributed by atoms with van der Waals surface area (Å²) in [5.41, 5.74) is 1.66. The number of carbonyl (C=O) groups excluding carboxylic acids is 1. The third kappa shape index (κ3) is 3.32. The average Bonchev–Trinajstić information content (AvgIpc) is 2.46. The van der Waals surface area contributed by atoms with Gasteiger partial charge in [-0.25, -0.2) is 4.39 Å². The van der Waals surface area contributed by atoms with Gasteiger partial charge in [0, 0.05) is 38.1 Å². The van der Waals surface area contributed by atoms with Gasteiger partial charge in [-0.15, -0.1) is 0 Å². The molecule has 0 radical (unpaired) electrons. The molecule has 1 aromatic heterocycles. The molecule has 104 valence electrons. The number of benzene rings is 1. The van der Waals surface area contributed by atoms with Crippen LogP contribution < -0.4 is 5.32 Å². The number of rotatable bonds is 4. The summed E-state index contributed by atoms with van der Waals surface area (Å²) in [5, 5.41) is 3.09. The minimum absolute atomic E-state index is 0.167. The van der Waals surface area contributed by atoms with E-state index < -0.39 is 0 Å². The van der Waals surface area contributed by atoms with Crippen molar-refractivity contribution >= 4 is 11.6 Å². The van der Waals surface area contributed by atoms with E-state index in [1.807, 2.05) is 0 Å². The first kappa shape index (κ1) is 14.0. The van der Waals surface area contributed by atoms with Crippen LogP contribution in [0.5, 0.6) is 0 Å². The lowest BCUT2D eigenvalue weighted by molar-refractivity contribution is 0.0822. The number of hydrogen-bond acceptors (Lipinski definition) is 3. The Hall–Kier alpha value is -2.43. The Balaban J connectivity index is 2.09. The van der Waals surface area contributed by atoms with Gasteiger partial charge in [0.05, 0.1) is 0 Å². The Morgan fingerprint density at radius 2 is 2.05 bits per heavy atom. The molecule has 0 fully saturated rings. The van der Waals surface area contributed by atoms with Gasteiger partial charge in [-0.05, 0) is 18.2 Å². The van der Waals surface area contributed by atoms with E-state index in [2.05, 4.69) is 10.3 Å². The largest absolute Gasteiger partial charge is 0.381 e. The predicted octanol–water partition coefficient (Wildman–Crippen LogP) is 2.53. The molecule has 1 amide bonds. The SMILES string of the molecule is CN(C)C(=O)c1cc(NCc2ccccc2F)ccn1. The van der Waals surface area contributed by atoms with Crippen LogP contribution in [-0.2, 0) is 6.54 Å². The van der Waals surface area contributed by atoms with Crippen LogP contribution in [0.25, 0.3) is 0 Å². The second kappa shape index (κ2) is 6.14. The molecular weight excluding hydrogens is 257 g/mol. The summed E-state index contributed by atoms with van der Waals surface area (Å²) < 4.78 is 13.5. The quantitative estimate of drug-likeness (QED) is 0.931. The molecule has 2 rings (SSSR count). The zero-order valence-corrected chi connectivity index (χ0v) is 11.4. The van der Waals surface area contributed by atoms with Crippen LogP contribution in [0.2, 0.25) is 0 Å². The second-order valence-electron chi connectivity index (χ2n) is 4.57. The minimum Gasteiger partial charge on any atom is -0.381 e. The van der Waals surface area contributed by atoms with Gasteiger partial charge in [0.1, 0.15) is 11.5 Å². The Morgan fingerprint density at radius 1 is 1.30 bits per heavy atom. The van der Waals surface area contributed by atoms with Crippen molar-refractivity contribution in [1.29, 1.82) is 0 Å². The zero-order chi connectivity index (χ0) is 14.5. The summed E-state index contributed by atoms with van der Waals surface area (Å²) in [6.45, 7) is 0.353. The van der Waals surface area contributed by atoms with E-state index in [4.69, 9.17) is 0 Å². The van der Waals surface area contributed by atoms with Gasteiger partial charge in [-0.1, -0.05) is 18.2 Å². The second-order valence-corrected chi connectivity index (χ2v) is 4.57. The highest BCUT2D eigenvalue weighted by Gasteiger charge is 2.10. The number of aromatic nitrogens is 1. The molecule has 0 atom stereocenters. The topological polar surface area (TPSA) is 45.2 Å². The molecule has 0 unspecified atom stereocenters. The van der Waals surface area contributed by atoms with Crippen LogP contribution in [0.1, 0.15) is 16.1 Å². The fourth-order valence-electron chi connectivity index (χ4n) is 1.73. The number of pyridine rings is 1. The van der Waals surface area contributed by atoms with Gasteiger partial charge in [0.15, 0.2) is 0 Å². The van der Waals surface area contributed by atoms with Gasteiger partial charge in [0.25, 0.3) is 5.91 Å². The fraction of sp³-hybridized carbons (Fsp3) is 0.200. The molecule has 0 aliphatic heterocycles. The van der Waals surface area contributed by atoms with E-state index in [1.165, 1.54) is 11.0 Å². The molecule has 0 saturated heterocycles. The van der Waals surface area contributed by atoms with E-state index in [-0.39, 0.29) is 11.7 Å². The maximum absolute atomic E-state index is 13.5. The van der Waals surface area contributed by atoms with Crippen LogP contribution in [-0.4, -0.2) is 29.9 Å². The summed E-state index contributed by atoms with van der Waals surface area (Å²) in [4.78, 5) is 17.3. The Morgan fingerprint density at radius 3 is 2.75 bits per heavy atom. The van der Waals surface area contributed by atoms with Crippen molar-refractivity contribution < 1.29 is 9.18 Å². The van der Waals surface area contributed by atoms with Crippen LogP contribution in [0.4, 0.5) is 10.1 Å². The highest BCUT2D eigenvalue weighted by atomic mass is 19.1. The Kier molecular flexibility index (Phi) is 4.30. The number of carbonyl (C=O) groups is 1. The van der Waals surface area contributed by atoms with Crippen molar-refractivity contribution in [3.8, 4) is 0 Å². The lowest BCUT2D eigenvalue weighted by Crippen LogP contribution is -2.22.